The van der Waals surface area contributed by atoms with Gasteiger partial charge in [-0.05, 0) is 24.6 Å². The molecule has 2 aromatic rings. The van der Waals surface area contributed by atoms with Crippen LogP contribution in [-0.2, 0) is 7.05 Å². The number of hydrogen-bond acceptors (Lipinski definition) is 2. The molecule has 1 atom stereocenters. The molecular formula is C12H13Cl2N3. The second-order valence-electron chi connectivity index (χ2n) is 3.99. The molecule has 0 aliphatic carbocycles. The SMILES string of the molecule is Cc1nn(C)cc1C(N)c1ccc(Cl)c(Cl)c1. The summed E-state index contributed by atoms with van der Waals surface area (Å²) in [4.78, 5) is 0. The Hall–Kier alpha value is -1.03. The fraction of sp³-hybridized carbons (Fsp3) is 0.250. The van der Waals surface area contributed by atoms with Crippen LogP contribution in [-0.4, -0.2) is 9.78 Å². The Balaban J connectivity index is 2.40. The molecule has 2 rings (SSSR count). The lowest BCUT2D eigenvalue weighted by molar-refractivity contribution is 0.756. The number of benzene rings is 1. The highest BCUT2D eigenvalue weighted by Crippen LogP contribution is 2.28. The number of aryl methyl sites for hydroxylation is 2. The van der Waals surface area contributed by atoms with Crippen LogP contribution in [0.25, 0.3) is 0 Å². The van der Waals surface area contributed by atoms with Crippen molar-refractivity contribution >= 4 is 23.2 Å². The summed E-state index contributed by atoms with van der Waals surface area (Å²) in [6.07, 6.45) is 1.92. The van der Waals surface area contributed by atoms with Gasteiger partial charge in [-0.3, -0.25) is 4.68 Å². The van der Waals surface area contributed by atoms with Crippen LogP contribution >= 0.6 is 23.2 Å². The van der Waals surface area contributed by atoms with Crippen LogP contribution in [0.2, 0.25) is 10.0 Å². The average Bonchev–Trinajstić information content (AvgIpc) is 2.61. The summed E-state index contributed by atoms with van der Waals surface area (Å²) in [6.45, 7) is 1.94. The molecule has 0 aliphatic heterocycles. The highest BCUT2D eigenvalue weighted by Gasteiger charge is 2.15. The molecule has 0 radical (unpaired) electrons. The molecule has 17 heavy (non-hydrogen) atoms. The van der Waals surface area contributed by atoms with Crippen LogP contribution in [0, 0.1) is 6.92 Å². The predicted molar refractivity (Wildman–Crippen MR) is 70.4 cm³/mol. The summed E-state index contributed by atoms with van der Waals surface area (Å²) in [5, 5.41) is 5.32. The summed E-state index contributed by atoms with van der Waals surface area (Å²) in [7, 11) is 1.87. The van der Waals surface area contributed by atoms with E-state index in [2.05, 4.69) is 5.10 Å². The second-order valence-corrected chi connectivity index (χ2v) is 4.81. The third-order valence-corrected chi connectivity index (χ3v) is 3.43. The lowest BCUT2D eigenvalue weighted by Gasteiger charge is -2.12. The molecule has 1 aromatic heterocycles. The standard InChI is InChI=1S/C12H13Cl2N3/c1-7-9(6-17(2)16-7)12(15)8-3-4-10(13)11(14)5-8/h3-6,12H,15H2,1-2H3. The van der Waals surface area contributed by atoms with Gasteiger partial charge < -0.3 is 5.73 Å². The Kier molecular flexibility index (Phi) is 3.43. The summed E-state index contributed by atoms with van der Waals surface area (Å²) in [5.74, 6) is 0. The fourth-order valence-corrected chi connectivity index (χ4v) is 2.12. The Morgan fingerprint density at radius 3 is 2.53 bits per heavy atom. The van der Waals surface area contributed by atoms with E-state index < -0.39 is 0 Å². The van der Waals surface area contributed by atoms with Gasteiger partial charge in [0, 0.05) is 18.8 Å². The van der Waals surface area contributed by atoms with E-state index in [0.717, 1.165) is 16.8 Å². The van der Waals surface area contributed by atoms with Crippen LogP contribution in [0.3, 0.4) is 0 Å². The quantitative estimate of drug-likeness (QED) is 0.911. The van der Waals surface area contributed by atoms with Crippen molar-refractivity contribution in [2.45, 2.75) is 13.0 Å². The zero-order chi connectivity index (χ0) is 12.6. The number of hydrogen-bond donors (Lipinski definition) is 1. The smallest absolute Gasteiger partial charge is 0.0644 e. The number of aromatic nitrogens is 2. The van der Waals surface area contributed by atoms with Gasteiger partial charge in [0.25, 0.3) is 0 Å². The van der Waals surface area contributed by atoms with Crippen LogP contribution in [0.15, 0.2) is 24.4 Å². The maximum atomic E-state index is 6.19. The van der Waals surface area contributed by atoms with Gasteiger partial charge in [-0.25, -0.2) is 0 Å². The van der Waals surface area contributed by atoms with E-state index in [1.165, 1.54) is 0 Å². The van der Waals surface area contributed by atoms with Gasteiger partial charge in [-0.2, -0.15) is 5.10 Å². The van der Waals surface area contributed by atoms with Crippen molar-refractivity contribution in [1.82, 2.24) is 9.78 Å². The minimum Gasteiger partial charge on any atom is -0.320 e. The van der Waals surface area contributed by atoms with E-state index in [0.29, 0.717) is 10.0 Å². The summed E-state index contributed by atoms with van der Waals surface area (Å²) >= 11 is 11.9. The Morgan fingerprint density at radius 1 is 1.29 bits per heavy atom. The van der Waals surface area contributed by atoms with Crippen molar-refractivity contribution in [3.05, 3.63) is 51.3 Å². The van der Waals surface area contributed by atoms with Crippen molar-refractivity contribution in [2.24, 2.45) is 12.8 Å². The fourth-order valence-electron chi connectivity index (χ4n) is 1.81. The molecule has 0 bridgehead atoms. The molecule has 0 spiro atoms. The minimum atomic E-state index is -0.238. The molecule has 0 amide bonds. The van der Waals surface area contributed by atoms with Crippen LogP contribution in [0.4, 0.5) is 0 Å². The summed E-state index contributed by atoms with van der Waals surface area (Å²) in [6, 6.07) is 5.19. The minimum absolute atomic E-state index is 0.238. The summed E-state index contributed by atoms with van der Waals surface area (Å²) < 4.78 is 1.75. The average molecular weight is 270 g/mol. The third-order valence-electron chi connectivity index (χ3n) is 2.69. The molecule has 1 unspecified atom stereocenters. The van der Waals surface area contributed by atoms with Crippen molar-refractivity contribution in [3.8, 4) is 0 Å². The van der Waals surface area contributed by atoms with E-state index in [1.54, 1.807) is 16.8 Å². The lowest BCUT2D eigenvalue weighted by atomic mass is 10.0. The monoisotopic (exact) mass is 269 g/mol. The largest absolute Gasteiger partial charge is 0.320 e. The van der Waals surface area contributed by atoms with Crippen molar-refractivity contribution < 1.29 is 0 Å². The lowest BCUT2D eigenvalue weighted by Crippen LogP contribution is -2.12. The first-order valence-corrected chi connectivity index (χ1v) is 5.95. The molecule has 0 saturated carbocycles. The van der Waals surface area contributed by atoms with Gasteiger partial charge >= 0.3 is 0 Å². The molecule has 2 N–H and O–H groups in total. The molecular weight excluding hydrogens is 257 g/mol. The normalized spacial score (nSPS) is 12.8. The van der Waals surface area contributed by atoms with Crippen molar-refractivity contribution in [2.75, 3.05) is 0 Å². The first kappa shape index (κ1) is 12.4. The Bertz CT molecular complexity index is 549. The van der Waals surface area contributed by atoms with Gasteiger partial charge in [-0.15, -0.1) is 0 Å². The van der Waals surface area contributed by atoms with Crippen LogP contribution in [0.5, 0.6) is 0 Å². The molecule has 1 aromatic carbocycles. The molecule has 0 aliphatic rings. The molecule has 5 heteroatoms. The van der Waals surface area contributed by atoms with E-state index in [-0.39, 0.29) is 6.04 Å². The number of nitrogens with two attached hydrogens (primary N) is 1. The Labute approximate surface area is 110 Å². The number of nitrogens with zero attached hydrogens (tertiary/aromatic N) is 2. The maximum Gasteiger partial charge on any atom is 0.0644 e. The molecule has 90 valence electrons. The zero-order valence-electron chi connectivity index (χ0n) is 9.61. The van der Waals surface area contributed by atoms with Gasteiger partial charge in [0.1, 0.15) is 0 Å². The van der Waals surface area contributed by atoms with E-state index in [4.69, 9.17) is 28.9 Å². The molecule has 0 fully saturated rings. The Morgan fingerprint density at radius 2 is 2.00 bits per heavy atom. The molecule has 3 nitrogen and oxygen atoms in total. The first-order chi connectivity index (χ1) is 7.99. The molecule has 0 saturated heterocycles. The topological polar surface area (TPSA) is 43.8 Å². The van der Waals surface area contributed by atoms with Gasteiger partial charge in [0.2, 0.25) is 0 Å². The third kappa shape index (κ3) is 2.46. The zero-order valence-corrected chi connectivity index (χ0v) is 11.1. The van der Waals surface area contributed by atoms with Gasteiger partial charge in [0.15, 0.2) is 0 Å². The first-order valence-electron chi connectivity index (χ1n) is 5.19. The van der Waals surface area contributed by atoms with Crippen LogP contribution < -0.4 is 5.73 Å². The highest BCUT2D eigenvalue weighted by molar-refractivity contribution is 6.42. The predicted octanol–water partition coefficient (Wildman–Crippen LogP) is 3.08. The number of halogens is 2. The number of rotatable bonds is 2. The van der Waals surface area contributed by atoms with Crippen LogP contribution in [0.1, 0.15) is 22.9 Å². The summed E-state index contributed by atoms with van der Waals surface area (Å²) in [5.41, 5.74) is 9.03. The van der Waals surface area contributed by atoms with E-state index in [9.17, 15) is 0 Å². The van der Waals surface area contributed by atoms with E-state index >= 15 is 0 Å². The van der Waals surface area contributed by atoms with Crippen molar-refractivity contribution in [3.63, 3.8) is 0 Å². The van der Waals surface area contributed by atoms with Crippen molar-refractivity contribution in [1.29, 1.82) is 0 Å². The highest BCUT2D eigenvalue weighted by atomic mass is 35.5. The van der Waals surface area contributed by atoms with E-state index in [1.807, 2.05) is 26.2 Å². The van der Waals surface area contributed by atoms with Gasteiger partial charge in [-0.1, -0.05) is 29.3 Å². The van der Waals surface area contributed by atoms with Gasteiger partial charge in [0.05, 0.1) is 21.8 Å². The molecule has 1 heterocycles. The second kappa shape index (κ2) is 4.69. The maximum absolute atomic E-state index is 6.19.